The molecule has 18 heavy (non-hydrogen) atoms. The molecule has 1 aromatic rings. The summed E-state index contributed by atoms with van der Waals surface area (Å²) in [5.41, 5.74) is 1.75. The highest BCUT2D eigenvalue weighted by Crippen LogP contribution is 2.29. The number of nitrogens with zero attached hydrogens (tertiary/aromatic N) is 1. The Hall–Kier alpha value is -1.09. The summed E-state index contributed by atoms with van der Waals surface area (Å²) in [6.45, 7) is 9.19. The fourth-order valence-corrected chi connectivity index (χ4v) is 2.18. The number of halogens is 1. The van der Waals surface area contributed by atoms with Crippen molar-refractivity contribution in [1.82, 2.24) is 5.32 Å². The van der Waals surface area contributed by atoms with E-state index in [9.17, 15) is 4.39 Å². The van der Waals surface area contributed by atoms with E-state index in [-0.39, 0.29) is 11.9 Å². The van der Waals surface area contributed by atoms with E-state index in [4.69, 9.17) is 0 Å². The number of nitrogens with one attached hydrogen (secondary N) is 1. The van der Waals surface area contributed by atoms with Crippen LogP contribution >= 0.6 is 0 Å². The quantitative estimate of drug-likeness (QED) is 0.830. The molecule has 0 aromatic heterocycles. The molecule has 0 spiro atoms. The highest BCUT2D eigenvalue weighted by Gasteiger charge is 2.19. The average Bonchev–Trinajstić information content (AvgIpc) is 2.36. The van der Waals surface area contributed by atoms with Crippen molar-refractivity contribution in [3.05, 3.63) is 29.6 Å². The zero-order valence-electron chi connectivity index (χ0n) is 12.1. The van der Waals surface area contributed by atoms with Crippen LogP contribution in [0.25, 0.3) is 0 Å². The summed E-state index contributed by atoms with van der Waals surface area (Å²) in [7, 11) is 2.03. The van der Waals surface area contributed by atoms with Crippen LogP contribution in [0.4, 0.5) is 10.1 Å². The third kappa shape index (κ3) is 3.22. The Kier molecular flexibility index (Phi) is 5.60. The van der Waals surface area contributed by atoms with Gasteiger partial charge in [-0.15, -0.1) is 0 Å². The Bertz CT molecular complexity index is 379. The van der Waals surface area contributed by atoms with Gasteiger partial charge in [-0.3, -0.25) is 0 Å². The average molecular weight is 252 g/mol. The third-order valence-electron chi connectivity index (χ3n) is 3.61. The zero-order chi connectivity index (χ0) is 13.7. The predicted octanol–water partition coefficient (Wildman–Crippen LogP) is 3.73. The molecular formula is C15H25FN2. The second kappa shape index (κ2) is 6.74. The van der Waals surface area contributed by atoms with Gasteiger partial charge in [0.25, 0.3) is 0 Å². The molecule has 2 unspecified atom stereocenters. The van der Waals surface area contributed by atoms with Crippen LogP contribution in [0.5, 0.6) is 0 Å². The van der Waals surface area contributed by atoms with Gasteiger partial charge in [0.15, 0.2) is 0 Å². The van der Waals surface area contributed by atoms with Gasteiger partial charge in [0.1, 0.15) is 5.82 Å². The molecule has 0 aliphatic carbocycles. The van der Waals surface area contributed by atoms with Crippen LogP contribution < -0.4 is 10.2 Å². The number of rotatable bonds is 6. The lowest BCUT2D eigenvalue weighted by Crippen LogP contribution is -2.31. The van der Waals surface area contributed by atoms with Crippen molar-refractivity contribution in [3.63, 3.8) is 0 Å². The topological polar surface area (TPSA) is 15.3 Å². The molecule has 0 bridgehead atoms. The zero-order valence-corrected chi connectivity index (χ0v) is 12.1. The van der Waals surface area contributed by atoms with Crippen LogP contribution in [0.3, 0.4) is 0 Å². The molecule has 0 fully saturated rings. The van der Waals surface area contributed by atoms with Gasteiger partial charge in [0.05, 0.1) is 0 Å². The number of hydrogen-bond donors (Lipinski definition) is 1. The first kappa shape index (κ1) is 15.0. The summed E-state index contributed by atoms with van der Waals surface area (Å²) in [5, 5.41) is 3.29. The minimum absolute atomic E-state index is 0.0257. The molecule has 2 atom stereocenters. The summed E-state index contributed by atoms with van der Waals surface area (Å²) >= 11 is 0. The number of anilines is 1. The van der Waals surface area contributed by atoms with E-state index < -0.39 is 0 Å². The molecule has 0 amide bonds. The first-order valence-electron chi connectivity index (χ1n) is 6.77. The lowest BCUT2D eigenvalue weighted by molar-refractivity contribution is 0.536. The Morgan fingerprint density at radius 3 is 2.50 bits per heavy atom. The van der Waals surface area contributed by atoms with Crippen molar-refractivity contribution >= 4 is 5.69 Å². The number of hydrogen-bond acceptors (Lipinski definition) is 2. The monoisotopic (exact) mass is 252 g/mol. The minimum Gasteiger partial charge on any atom is -0.372 e. The van der Waals surface area contributed by atoms with Crippen LogP contribution in [0.15, 0.2) is 18.2 Å². The van der Waals surface area contributed by atoms with E-state index in [1.165, 1.54) is 6.07 Å². The van der Waals surface area contributed by atoms with E-state index in [2.05, 4.69) is 24.1 Å². The largest absolute Gasteiger partial charge is 0.372 e. The standard InChI is InChI=1S/C15H25FN2/c1-6-11(3)18(5)14-10-8-9-13(16)15(14)12(4)17-7-2/h8-12,17H,6-7H2,1-5H3. The van der Waals surface area contributed by atoms with Crippen molar-refractivity contribution in [2.75, 3.05) is 18.5 Å². The molecular weight excluding hydrogens is 227 g/mol. The van der Waals surface area contributed by atoms with E-state index in [0.29, 0.717) is 6.04 Å². The molecule has 102 valence electrons. The van der Waals surface area contributed by atoms with Crippen LogP contribution in [0.1, 0.15) is 45.7 Å². The maximum atomic E-state index is 14.1. The highest BCUT2D eigenvalue weighted by molar-refractivity contribution is 5.55. The van der Waals surface area contributed by atoms with Crippen molar-refractivity contribution in [2.45, 2.75) is 46.2 Å². The second-order valence-corrected chi connectivity index (χ2v) is 4.82. The molecule has 0 radical (unpaired) electrons. The predicted molar refractivity (Wildman–Crippen MR) is 76.6 cm³/mol. The van der Waals surface area contributed by atoms with Crippen LogP contribution in [-0.4, -0.2) is 19.6 Å². The van der Waals surface area contributed by atoms with Crippen LogP contribution in [0.2, 0.25) is 0 Å². The van der Waals surface area contributed by atoms with Gasteiger partial charge in [-0.1, -0.05) is 19.9 Å². The lowest BCUT2D eigenvalue weighted by Gasteiger charge is -2.30. The van der Waals surface area contributed by atoms with E-state index >= 15 is 0 Å². The highest BCUT2D eigenvalue weighted by atomic mass is 19.1. The molecule has 0 saturated carbocycles. The fourth-order valence-electron chi connectivity index (χ4n) is 2.18. The van der Waals surface area contributed by atoms with E-state index in [0.717, 1.165) is 24.2 Å². The molecule has 0 aliphatic heterocycles. The fraction of sp³-hybridized carbons (Fsp3) is 0.600. The van der Waals surface area contributed by atoms with Gasteiger partial charge in [-0.2, -0.15) is 0 Å². The molecule has 0 aliphatic rings. The van der Waals surface area contributed by atoms with Crippen molar-refractivity contribution < 1.29 is 4.39 Å². The van der Waals surface area contributed by atoms with Crippen molar-refractivity contribution in [1.29, 1.82) is 0 Å². The Balaban J connectivity index is 3.14. The van der Waals surface area contributed by atoms with Gasteiger partial charge < -0.3 is 10.2 Å². The first-order valence-corrected chi connectivity index (χ1v) is 6.77. The van der Waals surface area contributed by atoms with Gasteiger partial charge in [0, 0.05) is 30.4 Å². The maximum absolute atomic E-state index is 14.1. The SMILES string of the molecule is CCNC(C)c1c(F)cccc1N(C)C(C)CC. The molecule has 0 saturated heterocycles. The molecule has 2 nitrogen and oxygen atoms in total. The van der Waals surface area contributed by atoms with Gasteiger partial charge in [-0.05, 0) is 38.9 Å². The van der Waals surface area contributed by atoms with E-state index in [1.807, 2.05) is 27.0 Å². The summed E-state index contributed by atoms with van der Waals surface area (Å²) in [5.74, 6) is -0.129. The van der Waals surface area contributed by atoms with Gasteiger partial charge in [0.2, 0.25) is 0 Å². The van der Waals surface area contributed by atoms with Crippen molar-refractivity contribution in [3.8, 4) is 0 Å². The normalized spacial score (nSPS) is 14.3. The Morgan fingerprint density at radius 2 is 1.94 bits per heavy atom. The van der Waals surface area contributed by atoms with Crippen LogP contribution in [-0.2, 0) is 0 Å². The molecule has 0 heterocycles. The van der Waals surface area contributed by atoms with Gasteiger partial charge >= 0.3 is 0 Å². The summed E-state index contributed by atoms with van der Waals surface area (Å²) in [6.07, 6.45) is 1.04. The summed E-state index contributed by atoms with van der Waals surface area (Å²) in [4.78, 5) is 2.16. The van der Waals surface area contributed by atoms with Crippen LogP contribution in [0, 0.1) is 5.82 Å². The molecule has 1 N–H and O–H groups in total. The summed E-state index contributed by atoms with van der Waals surface area (Å²) in [6, 6.07) is 5.75. The molecule has 1 rings (SSSR count). The maximum Gasteiger partial charge on any atom is 0.130 e. The lowest BCUT2D eigenvalue weighted by atomic mass is 10.0. The van der Waals surface area contributed by atoms with Crippen molar-refractivity contribution in [2.24, 2.45) is 0 Å². The Labute approximate surface area is 110 Å². The number of benzene rings is 1. The smallest absolute Gasteiger partial charge is 0.130 e. The Morgan fingerprint density at radius 1 is 1.28 bits per heavy atom. The molecule has 3 heteroatoms. The summed E-state index contributed by atoms with van der Waals surface area (Å²) < 4.78 is 14.1. The van der Waals surface area contributed by atoms with E-state index in [1.54, 1.807) is 6.07 Å². The third-order valence-corrected chi connectivity index (χ3v) is 3.61. The first-order chi connectivity index (χ1) is 8.52. The minimum atomic E-state index is -0.129. The van der Waals surface area contributed by atoms with Gasteiger partial charge in [-0.25, -0.2) is 4.39 Å². The second-order valence-electron chi connectivity index (χ2n) is 4.82. The molecule has 1 aromatic carbocycles.